The zero-order valence-electron chi connectivity index (χ0n) is 9.92. The Labute approximate surface area is 105 Å². The molecule has 1 heterocycles. The summed E-state index contributed by atoms with van der Waals surface area (Å²) in [4.78, 5) is 15.6. The maximum absolute atomic E-state index is 11.7. The van der Waals surface area contributed by atoms with Crippen molar-refractivity contribution in [2.24, 2.45) is 5.14 Å². The lowest BCUT2D eigenvalue weighted by Crippen LogP contribution is -2.27. The van der Waals surface area contributed by atoms with E-state index in [1.165, 1.54) is 25.6 Å². The fraction of sp³-hybridized carbons (Fsp3) is 0.400. The highest BCUT2D eigenvalue weighted by atomic mass is 32.2. The Morgan fingerprint density at radius 2 is 2.28 bits per heavy atom. The first kappa shape index (κ1) is 14.4. The largest absolute Gasteiger partial charge is 0.494 e. The van der Waals surface area contributed by atoms with E-state index in [0.29, 0.717) is 11.3 Å². The van der Waals surface area contributed by atoms with Gasteiger partial charge in [-0.1, -0.05) is 0 Å². The van der Waals surface area contributed by atoms with Crippen LogP contribution < -0.4 is 15.2 Å². The normalized spacial score (nSPS) is 11.0. The van der Waals surface area contributed by atoms with Crippen LogP contribution in [-0.2, 0) is 10.0 Å². The summed E-state index contributed by atoms with van der Waals surface area (Å²) in [6, 6.07) is 1.52. The van der Waals surface area contributed by atoms with E-state index in [4.69, 9.17) is 9.88 Å². The van der Waals surface area contributed by atoms with Gasteiger partial charge in [-0.25, -0.2) is 13.6 Å². The van der Waals surface area contributed by atoms with Crippen LogP contribution >= 0.6 is 0 Å². The fourth-order valence-electron chi connectivity index (χ4n) is 1.30. The second kappa shape index (κ2) is 6.31. The maximum Gasteiger partial charge on any atom is 0.255 e. The highest BCUT2D eigenvalue weighted by molar-refractivity contribution is 7.89. The number of amides is 1. The van der Waals surface area contributed by atoms with Crippen molar-refractivity contribution in [3.63, 3.8) is 0 Å². The smallest absolute Gasteiger partial charge is 0.255 e. The lowest BCUT2D eigenvalue weighted by atomic mass is 10.2. The predicted molar refractivity (Wildman–Crippen MR) is 65.7 cm³/mol. The topological polar surface area (TPSA) is 111 Å². The molecule has 0 aromatic carbocycles. The summed E-state index contributed by atoms with van der Waals surface area (Å²) in [6.45, 7) is 0.223. The summed E-state index contributed by atoms with van der Waals surface area (Å²) in [5.74, 6) is -0.147. The molecule has 0 saturated carbocycles. The van der Waals surface area contributed by atoms with Gasteiger partial charge in [0.1, 0.15) is 5.75 Å². The molecule has 0 unspecified atom stereocenters. The van der Waals surface area contributed by atoms with Gasteiger partial charge in [-0.15, -0.1) is 0 Å². The van der Waals surface area contributed by atoms with Gasteiger partial charge in [0, 0.05) is 12.7 Å². The van der Waals surface area contributed by atoms with E-state index in [-0.39, 0.29) is 24.6 Å². The van der Waals surface area contributed by atoms with Gasteiger partial charge in [0.25, 0.3) is 5.91 Å². The van der Waals surface area contributed by atoms with Crippen molar-refractivity contribution in [1.29, 1.82) is 0 Å². The number of hydrogen-bond acceptors (Lipinski definition) is 5. The molecule has 100 valence electrons. The second-order valence-electron chi connectivity index (χ2n) is 3.55. The molecule has 0 atom stereocenters. The molecule has 0 aliphatic heterocycles. The Bertz CT molecular complexity index is 516. The van der Waals surface area contributed by atoms with Crippen LogP contribution in [0.5, 0.6) is 5.75 Å². The number of nitrogens with one attached hydrogen (secondary N) is 1. The van der Waals surface area contributed by atoms with Crippen LogP contribution in [0, 0.1) is 0 Å². The zero-order chi connectivity index (χ0) is 13.6. The lowest BCUT2D eigenvalue weighted by Gasteiger charge is -2.08. The van der Waals surface area contributed by atoms with Gasteiger partial charge >= 0.3 is 0 Å². The van der Waals surface area contributed by atoms with Gasteiger partial charge in [0.2, 0.25) is 10.0 Å². The number of methoxy groups -OCH3 is 1. The number of aromatic nitrogens is 1. The molecule has 0 fully saturated rings. The molecule has 1 amide bonds. The van der Waals surface area contributed by atoms with Crippen LogP contribution in [0.1, 0.15) is 16.8 Å². The van der Waals surface area contributed by atoms with E-state index in [0.717, 1.165) is 0 Å². The Morgan fingerprint density at radius 3 is 2.89 bits per heavy atom. The number of carbonyl (C=O) groups excluding carboxylic acids is 1. The molecule has 0 spiro atoms. The van der Waals surface area contributed by atoms with E-state index >= 15 is 0 Å². The number of primary sulfonamides is 1. The van der Waals surface area contributed by atoms with Crippen molar-refractivity contribution in [3.05, 3.63) is 24.0 Å². The average molecular weight is 273 g/mol. The molecule has 1 aromatic rings. The van der Waals surface area contributed by atoms with Crippen LogP contribution in [0.3, 0.4) is 0 Å². The quantitative estimate of drug-likeness (QED) is 0.679. The molecular weight excluding hydrogens is 258 g/mol. The van der Waals surface area contributed by atoms with Crippen molar-refractivity contribution in [1.82, 2.24) is 10.3 Å². The van der Waals surface area contributed by atoms with Crippen LogP contribution in [0.4, 0.5) is 0 Å². The van der Waals surface area contributed by atoms with Gasteiger partial charge < -0.3 is 10.1 Å². The summed E-state index contributed by atoms with van der Waals surface area (Å²) >= 11 is 0. The number of hydrogen-bond donors (Lipinski definition) is 2. The van der Waals surface area contributed by atoms with E-state index < -0.39 is 10.0 Å². The molecule has 18 heavy (non-hydrogen) atoms. The average Bonchev–Trinajstić information content (AvgIpc) is 2.33. The predicted octanol–water partition coefficient (Wildman–Crippen LogP) is -0.501. The van der Waals surface area contributed by atoms with E-state index in [9.17, 15) is 13.2 Å². The minimum absolute atomic E-state index is 0.166. The number of nitrogens with zero attached hydrogens (tertiary/aromatic N) is 1. The van der Waals surface area contributed by atoms with E-state index in [2.05, 4.69) is 10.3 Å². The standard InChI is InChI=1S/C10H15N3O4S/c1-17-9-7-12-5-3-8(9)10(14)13-4-2-6-18(11,15)16/h3,5,7H,2,4,6H2,1H3,(H,13,14)(H2,11,15,16). The first-order valence-corrected chi connectivity index (χ1v) is 6.92. The molecule has 8 heteroatoms. The number of carbonyl (C=O) groups is 1. The van der Waals surface area contributed by atoms with Crippen LogP contribution in [0.2, 0.25) is 0 Å². The van der Waals surface area contributed by atoms with Crippen LogP contribution in [-0.4, -0.2) is 38.7 Å². The van der Waals surface area contributed by atoms with Gasteiger partial charge in [0.15, 0.2) is 0 Å². The molecule has 0 bridgehead atoms. The number of rotatable bonds is 6. The Balaban J connectivity index is 2.51. The number of sulfonamides is 1. The monoisotopic (exact) mass is 273 g/mol. The van der Waals surface area contributed by atoms with Crippen molar-refractivity contribution >= 4 is 15.9 Å². The van der Waals surface area contributed by atoms with Crippen molar-refractivity contribution in [2.75, 3.05) is 19.4 Å². The number of pyridine rings is 1. The Morgan fingerprint density at radius 1 is 1.56 bits per heavy atom. The molecule has 7 nitrogen and oxygen atoms in total. The molecule has 0 aliphatic rings. The zero-order valence-corrected chi connectivity index (χ0v) is 10.7. The summed E-state index contributed by atoms with van der Waals surface area (Å²) in [6.07, 6.45) is 3.17. The van der Waals surface area contributed by atoms with Crippen LogP contribution in [0.25, 0.3) is 0 Å². The third kappa shape index (κ3) is 4.68. The molecular formula is C10H15N3O4S. The third-order valence-electron chi connectivity index (χ3n) is 2.14. The number of ether oxygens (including phenoxy) is 1. The van der Waals surface area contributed by atoms with Crippen molar-refractivity contribution < 1.29 is 17.9 Å². The van der Waals surface area contributed by atoms with Crippen molar-refractivity contribution in [3.8, 4) is 5.75 Å². The molecule has 1 aromatic heterocycles. The Hall–Kier alpha value is -1.67. The molecule has 0 aliphatic carbocycles. The third-order valence-corrected chi connectivity index (χ3v) is 3.00. The molecule has 0 radical (unpaired) electrons. The van der Waals surface area contributed by atoms with Gasteiger partial charge in [-0.3, -0.25) is 9.78 Å². The van der Waals surface area contributed by atoms with Gasteiger partial charge in [0.05, 0.1) is 24.6 Å². The second-order valence-corrected chi connectivity index (χ2v) is 5.29. The first-order valence-electron chi connectivity index (χ1n) is 5.20. The minimum Gasteiger partial charge on any atom is -0.494 e. The van der Waals surface area contributed by atoms with E-state index in [1.807, 2.05) is 0 Å². The Kier molecular flexibility index (Phi) is 5.05. The molecule has 1 rings (SSSR count). The van der Waals surface area contributed by atoms with Crippen molar-refractivity contribution in [2.45, 2.75) is 6.42 Å². The summed E-state index contributed by atoms with van der Waals surface area (Å²) in [5, 5.41) is 7.42. The first-order chi connectivity index (χ1) is 8.44. The lowest BCUT2D eigenvalue weighted by molar-refractivity contribution is 0.0950. The number of nitrogens with two attached hydrogens (primary N) is 1. The SMILES string of the molecule is COc1cnccc1C(=O)NCCCS(N)(=O)=O. The summed E-state index contributed by atoms with van der Waals surface area (Å²) in [7, 11) is -2.05. The fourth-order valence-corrected chi connectivity index (χ4v) is 1.85. The molecule has 0 saturated heterocycles. The minimum atomic E-state index is -3.49. The van der Waals surface area contributed by atoms with Gasteiger partial charge in [-0.2, -0.15) is 0 Å². The summed E-state index contributed by atoms with van der Waals surface area (Å²) < 4.78 is 26.4. The highest BCUT2D eigenvalue weighted by Crippen LogP contribution is 2.14. The molecule has 3 N–H and O–H groups in total. The highest BCUT2D eigenvalue weighted by Gasteiger charge is 2.11. The van der Waals surface area contributed by atoms with Crippen LogP contribution in [0.15, 0.2) is 18.5 Å². The van der Waals surface area contributed by atoms with E-state index in [1.54, 1.807) is 0 Å². The summed E-state index contributed by atoms with van der Waals surface area (Å²) in [5.41, 5.74) is 0.350. The van der Waals surface area contributed by atoms with Gasteiger partial charge in [-0.05, 0) is 12.5 Å². The maximum atomic E-state index is 11.7.